The number of ether oxygens (including phenoxy) is 1. The molecule has 1 aromatic rings. The molecule has 1 heterocycles. The van der Waals surface area contributed by atoms with Crippen LogP contribution in [0, 0.1) is 0 Å². The first kappa shape index (κ1) is 22.2. The van der Waals surface area contributed by atoms with Gasteiger partial charge in [-0.1, -0.05) is 23.2 Å². The summed E-state index contributed by atoms with van der Waals surface area (Å²) in [6.45, 7) is 6.10. The van der Waals surface area contributed by atoms with Gasteiger partial charge in [-0.3, -0.25) is 14.0 Å². The fourth-order valence-electron chi connectivity index (χ4n) is 2.96. The van der Waals surface area contributed by atoms with E-state index in [0.29, 0.717) is 16.6 Å². The molecule has 1 aliphatic rings. The van der Waals surface area contributed by atoms with Crippen molar-refractivity contribution in [2.24, 2.45) is 0 Å². The Labute approximate surface area is 170 Å². The van der Waals surface area contributed by atoms with Crippen molar-refractivity contribution in [2.75, 3.05) is 50.0 Å². The van der Waals surface area contributed by atoms with Crippen LogP contribution in [0.3, 0.4) is 0 Å². The topological polar surface area (TPSA) is 79.0 Å². The molecule has 0 bridgehead atoms. The Balaban J connectivity index is 1.97. The van der Waals surface area contributed by atoms with E-state index in [1.807, 2.05) is 0 Å². The minimum Gasteiger partial charge on any atom is -0.379 e. The van der Waals surface area contributed by atoms with Gasteiger partial charge < -0.3 is 10.1 Å². The van der Waals surface area contributed by atoms with Gasteiger partial charge in [-0.2, -0.15) is 0 Å². The highest BCUT2D eigenvalue weighted by Gasteiger charge is 2.29. The third-order valence-electron chi connectivity index (χ3n) is 4.24. The number of hydrogen-bond acceptors (Lipinski definition) is 5. The molecule has 1 aromatic carbocycles. The lowest BCUT2D eigenvalue weighted by atomic mass is 10.2. The summed E-state index contributed by atoms with van der Waals surface area (Å²) >= 11 is 12.0. The number of carbonyl (C=O) groups is 1. The largest absolute Gasteiger partial charge is 0.379 e. The molecule has 1 amide bonds. The second-order valence-corrected chi connectivity index (χ2v) is 9.19. The van der Waals surface area contributed by atoms with E-state index in [2.05, 4.69) is 10.2 Å². The van der Waals surface area contributed by atoms with Crippen LogP contribution in [0.4, 0.5) is 5.69 Å². The molecule has 7 nitrogen and oxygen atoms in total. The van der Waals surface area contributed by atoms with E-state index >= 15 is 0 Å². The smallest absolute Gasteiger partial charge is 0.243 e. The van der Waals surface area contributed by atoms with Crippen molar-refractivity contribution in [3.8, 4) is 0 Å². The average molecular weight is 438 g/mol. The molecular weight excluding hydrogens is 413 g/mol. The van der Waals surface area contributed by atoms with Gasteiger partial charge in [0.25, 0.3) is 0 Å². The van der Waals surface area contributed by atoms with Gasteiger partial charge in [0.15, 0.2) is 0 Å². The molecular formula is C17H25Cl2N3O4S. The molecule has 1 atom stereocenters. The zero-order chi connectivity index (χ0) is 20.0. The Hall–Kier alpha value is -1.06. The highest BCUT2D eigenvalue weighted by atomic mass is 35.5. The van der Waals surface area contributed by atoms with Crippen molar-refractivity contribution >= 4 is 44.8 Å². The van der Waals surface area contributed by atoms with E-state index < -0.39 is 16.1 Å². The zero-order valence-corrected chi connectivity index (χ0v) is 17.8. The molecule has 0 spiro atoms. The Bertz CT molecular complexity index is 734. The van der Waals surface area contributed by atoms with Crippen LogP contribution in [0.15, 0.2) is 18.2 Å². The summed E-state index contributed by atoms with van der Waals surface area (Å²) in [5.41, 5.74) is 0.256. The highest BCUT2D eigenvalue weighted by Crippen LogP contribution is 2.28. The Morgan fingerprint density at radius 1 is 1.26 bits per heavy atom. The van der Waals surface area contributed by atoms with Crippen molar-refractivity contribution in [3.05, 3.63) is 28.2 Å². The Kier molecular flexibility index (Phi) is 8.18. The maximum atomic E-state index is 12.5. The standard InChI is InChI=1S/C17H25Cl2N3O4S/c1-13(17(23)20-4-3-5-21-6-8-26-9-7-21)22(27(2,24)25)16-11-14(18)10-15(19)12-16/h10-13H,3-9H2,1-2H3,(H,20,23)/t13-/m0/s1. The molecule has 2 rings (SSSR count). The number of nitrogens with zero attached hydrogens (tertiary/aromatic N) is 2. The number of benzene rings is 1. The van der Waals surface area contributed by atoms with E-state index in [1.165, 1.54) is 25.1 Å². The molecule has 1 aliphatic heterocycles. The number of amides is 1. The molecule has 10 heteroatoms. The summed E-state index contributed by atoms with van der Waals surface area (Å²) in [6.07, 6.45) is 1.82. The molecule has 0 aliphatic carbocycles. The minimum atomic E-state index is -3.71. The van der Waals surface area contributed by atoms with Gasteiger partial charge in [0.05, 0.1) is 25.2 Å². The monoisotopic (exact) mass is 437 g/mol. The number of rotatable bonds is 8. The van der Waals surface area contributed by atoms with Crippen molar-refractivity contribution in [1.82, 2.24) is 10.2 Å². The normalized spacial score (nSPS) is 16.7. The lowest BCUT2D eigenvalue weighted by molar-refractivity contribution is -0.121. The van der Waals surface area contributed by atoms with Gasteiger partial charge >= 0.3 is 0 Å². The van der Waals surface area contributed by atoms with Crippen LogP contribution in [-0.4, -0.2) is 70.9 Å². The summed E-state index contributed by atoms with van der Waals surface area (Å²) in [4.78, 5) is 14.8. The van der Waals surface area contributed by atoms with Crippen molar-refractivity contribution < 1.29 is 17.9 Å². The van der Waals surface area contributed by atoms with Crippen LogP contribution < -0.4 is 9.62 Å². The second-order valence-electron chi connectivity index (χ2n) is 6.46. The summed E-state index contributed by atoms with van der Waals surface area (Å²) in [5.74, 6) is -0.376. The summed E-state index contributed by atoms with van der Waals surface area (Å²) in [7, 11) is -3.71. The molecule has 1 N–H and O–H groups in total. The van der Waals surface area contributed by atoms with Gasteiger partial charge in [-0.25, -0.2) is 8.42 Å². The fraction of sp³-hybridized carbons (Fsp3) is 0.588. The lowest BCUT2D eigenvalue weighted by Crippen LogP contribution is -2.48. The van der Waals surface area contributed by atoms with Crippen molar-refractivity contribution in [1.29, 1.82) is 0 Å². The summed E-state index contributed by atoms with van der Waals surface area (Å²) in [6, 6.07) is 3.51. The first-order valence-corrected chi connectivity index (χ1v) is 11.3. The number of morpholine rings is 1. The van der Waals surface area contributed by atoms with Crippen LogP contribution in [0.5, 0.6) is 0 Å². The number of sulfonamides is 1. The zero-order valence-electron chi connectivity index (χ0n) is 15.5. The van der Waals surface area contributed by atoms with Gasteiger partial charge in [-0.15, -0.1) is 0 Å². The predicted molar refractivity (Wildman–Crippen MR) is 108 cm³/mol. The van der Waals surface area contributed by atoms with Crippen molar-refractivity contribution in [3.63, 3.8) is 0 Å². The lowest BCUT2D eigenvalue weighted by Gasteiger charge is -2.29. The molecule has 1 saturated heterocycles. The number of nitrogens with one attached hydrogen (secondary N) is 1. The SMILES string of the molecule is C[C@@H](C(=O)NCCCN1CCOCC1)N(c1cc(Cl)cc(Cl)c1)S(C)(=O)=O. The highest BCUT2D eigenvalue weighted by molar-refractivity contribution is 7.92. The predicted octanol–water partition coefficient (Wildman–Crippen LogP) is 1.99. The summed E-state index contributed by atoms with van der Waals surface area (Å²) in [5, 5.41) is 3.40. The molecule has 0 radical (unpaired) electrons. The van der Waals surface area contributed by atoms with E-state index in [0.717, 1.165) is 49.8 Å². The second kappa shape index (κ2) is 9.93. The van der Waals surface area contributed by atoms with E-state index in [1.54, 1.807) is 0 Å². The molecule has 27 heavy (non-hydrogen) atoms. The third kappa shape index (κ3) is 6.80. The van der Waals surface area contributed by atoms with Gasteiger partial charge in [0.2, 0.25) is 15.9 Å². The van der Waals surface area contributed by atoms with Crippen LogP contribution in [-0.2, 0) is 19.6 Å². The first-order chi connectivity index (χ1) is 12.7. The van der Waals surface area contributed by atoms with Gasteiger partial charge in [0.1, 0.15) is 6.04 Å². The molecule has 0 aromatic heterocycles. The maximum Gasteiger partial charge on any atom is 0.243 e. The molecule has 0 saturated carbocycles. The van der Waals surface area contributed by atoms with E-state index in [9.17, 15) is 13.2 Å². The first-order valence-electron chi connectivity index (χ1n) is 8.72. The van der Waals surface area contributed by atoms with Crippen molar-refractivity contribution in [2.45, 2.75) is 19.4 Å². The number of hydrogen-bond donors (Lipinski definition) is 1. The number of anilines is 1. The minimum absolute atomic E-state index is 0.256. The fourth-order valence-corrected chi connectivity index (χ4v) is 4.64. The Morgan fingerprint density at radius 2 is 1.85 bits per heavy atom. The average Bonchev–Trinajstić information content (AvgIpc) is 2.57. The van der Waals surface area contributed by atoms with Crippen LogP contribution in [0.1, 0.15) is 13.3 Å². The van der Waals surface area contributed by atoms with Crippen LogP contribution >= 0.6 is 23.2 Å². The number of halogens is 2. The van der Waals surface area contributed by atoms with Crippen LogP contribution in [0.25, 0.3) is 0 Å². The van der Waals surface area contributed by atoms with Gasteiger partial charge in [-0.05, 0) is 38.1 Å². The Morgan fingerprint density at radius 3 is 2.41 bits per heavy atom. The van der Waals surface area contributed by atoms with E-state index in [4.69, 9.17) is 27.9 Å². The number of carbonyl (C=O) groups excluding carboxylic acids is 1. The molecule has 0 unspecified atom stereocenters. The summed E-state index contributed by atoms with van der Waals surface area (Å²) < 4.78 is 30.9. The third-order valence-corrected chi connectivity index (χ3v) is 5.92. The maximum absolute atomic E-state index is 12.5. The quantitative estimate of drug-likeness (QED) is 0.628. The molecule has 152 valence electrons. The van der Waals surface area contributed by atoms with Gasteiger partial charge in [0, 0.05) is 29.7 Å². The van der Waals surface area contributed by atoms with Crippen LogP contribution in [0.2, 0.25) is 10.0 Å². The van der Waals surface area contributed by atoms with E-state index in [-0.39, 0.29) is 11.6 Å². The molecule has 1 fully saturated rings.